The summed E-state index contributed by atoms with van der Waals surface area (Å²) in [5.74, 6) is -1.93. The van der Waals surface area contributed by atoms with E-state index in [1.54, 1.807) is 12.1 Å². The Morgan fingerprint density at radius 2 is 1.61 bits per heavy atom. The number of amides is 4. The number of carbonyl (C=O) groups excluding carboxylic acids is 4. The Kier molecular flexibility index (Phi) is 9.02. The Morgan fingerprint density at radius 1 is 0.972 bits per heavy atom. The van der Waals surface area contributed by atoms with Crippen molar-refractivity contribution in [1.82, 2.24) is 15.5 Å². The van der Waals surface area contributed by atoms with Crippen molar-refractivity contribution in [2.24, 2.45) is 11.5 Å². The molecule has 3 rings (SSSR count). The van der Waals surface area contributed by atoms with Gasteiger partial charge in [0.1, 0.15) is 23.9 Å². The van der Waals surface area contributed by atoms with E-state index in [1.165, 1.54) is 24.0 Å². The number of phenols is 1. The van der Waals surface area contributed by atoms with Gasteiger partial charge in [-0.25, -0.2) is 0 Å². The molecule has 1 aliphatic heterocycles. The van der Waals surface area contributed by atoms with Crippen LogP contribution in [0.25, 0.3) is 0 Å². The molecule has 2 aromatic carbocycles. The molecule has 0 saturated carbocycles. The minimum absolute atomic E-state index is 0.109. The van der Waals surface area contributed by atoms with Crippen LogP contribution in [-0.4, -0.2) is 64.3 Å². The van der Waals surface area contributed by atoms with Gasteiger partial charge in [-0.05, 0) is 49.4 Å². The lowest BCUT2D eigenvalue weighted by Crippen LogP contribution is -2.57. The molecule has 1 heterocycles. The van der Waals surface area contributed by atoms with E-state index in [0.29, 0.717) is 19.4 Å². The minimum Gasteiger partial charge on any atom is -0.508 e. The Labute approximate surface area is 210 Å². The number of primary amides is 1. The average molecular weight is 496 g/mol. The van der Waals surface area contributed by atoms with E-state index in [1.807, 2.05) is 30.3 Å². The molecule has 1 aliphatic rings. The van der Waals surface area contributed by atoms with Crippen LogP contribution in [0.4, 0.5) is 0 Å². The number of nitrogens with one attached hydrogen (secondary N) is 2. The van der Waals surface area contributed by atoms with E-state index < -0.39 is 47.8 Å². The second kappa shape index (κ2) is 12.2. The van der Waals surface area contributed by atoms with Crippen molar-refractivity contribution in [1.29, 1.82) is 0 Å². The van der Waals surface area contributed by atoms with E-state index in [2.05, 4.69) is 10.6 Å². The Bertz CT molecular complexity index is 1080. The number of rotatable bonds is 10. The number of nitrogens with zero attached hydrogens (tertiary/aromatic N) is 1. The molecule has 36 heavy (non-hydrogen) atoms. The van der Waals surface area contributed by atoms with Gasteiger partial charge >= 0.3 is 0 Å². The largest absolute Gasteiger partial charge is 0.508 e. The summed E-state index contributed by atoms with van der Waals surface area (Å²) in [7, 11) is 0. The minimum atomic E-state index is -0.958. The molecule has 1 fully saturated rings. The second-order valence-corrected chi connectivity index (χ2v) is 9.05. The van der Waals surface area contributed by atoms with Gasteiger partial charge in [-0.1, -0.05) is 42.5 Å². The maximum Gasteiger partial charge on any atom is 0.246 e. The lowest BCUT2D eigenvalue weighted by Gasteiger charge is -2.29. The van der Waals surface area contributed by atoms with Crippen molar-refractivity contribution < 1.29 is 24.3 Å². The number of hydrogen-bond acceptors (Lipinski definition) is 6. The third-order valence-corrected chi connectivity index (χ3v) is 6.24. The van der Waals surface area contributed by atoms with Crippen molar-refractivity contribution in [2.75, 3.05) is 6.54 Å². The molecule has 0 spiro atoms. The first kappa shape index (κ1) is 26.7. The maximum absolute atomic E-state index is 13.4. The van der Waals surface area contributed by atoms with Gasteiger partial charge in [0, 0.05) is 13.0 Å². The molecule has 0 radical (unpaired) electrons. The van der Waals surface area contributed by atoms with Crippen LogP contribution >= 0.6 is 0 Å². The molecule has 1 saturated heterocycles. The van der Waals surface area contributed by atoms with Gasteiger partial charge in [0.2, 0.25) is 23.6 Å². The van der Waals surface area contributed by atoms with E-state index in [0.717, 1.165) is 11.1 Å². The lowest BCUT2D eigenvalue weighted by molar-refractivity contribution is -0.141. The highest BCUT2D eigenvalue weighted by Gasteiger charge is 2.37. The molecule has 4 amide bonds. The lowest BCUT2D eigenvalue weighted by atomic mass is 10.0. The summed E-state index contributed by atoms with van der Waals surface area (Å²) in [6.45, 7) is 1.89. The molecule has 0 bridgehead atoms. The maximum atomic E-state index is 13.4. The predicted octanol–water partition coefficient (Wildman–Crippen LogP) is -0.0295. The SMILES string of the molecule is C[C@@H](NC(=O)[C@@H](N)Cc1ccc(O)cc1)C(=O)N[C@@H](Cc1ccccc1)C(=O)N1CCC[C@@H]1C(N)=O. The summed E-state index contributed by atoms with van der Waals surface area (Å²) in [6, 6.07) is 12.0. The van der Waals surface area contributed by atoms with E-state index in [4.69, 9.17) is 11.5 Å². The van der Waals surface area contributed by atoms with E-state index >= 15 is 0 Å². The third kappa shape index (κ3) is 7.05. The topological polar surface area (TPSA) is 168 Å². The number of nitrogens with two attached hydrogens (primary N) is 2. The summed E-state index contributed by atoms with van der Waals surface area (Å²) in [6.07, 6.45) is 1.57. The highest BCUT2D eigenvalue weighted by Crippen LogP contribution is 2.19. The molecular weight excluding hydrogens is 462 g/mol. The molecule has 0 aliphatic carbocycles. The smallest absolute Gasteiger partial charge is 0.246 e. The van der Waals surface area contributed by atoms with Gasteiger partial charge in [0.25, 0.3) is 0 Å². The van der Waals surface area contributed by atoms with Crippen molar-refractivity contribution in [3.05, 3.63) is 65.7 Å². The fraction of sp³-hybridized carbons (Fsp3) is 0.385. The van der Waals surface area contributed by atoms with Crippen LogP contribution in [0.1, 0.15) is 30.9 Å². The average Bonchev–Trinajstić information content (AvgIpc) is 3.35. The Balaban J connectivity index is 1.65. The number of likely N-dealkylation sites (tertiary alicyclic amines) is 1. The van der Waals surface area contributed by atoms with Gasteiger partial charge in [0.15, 0.2) is 0 Å². The molecule has 4 atom stereocenters. The van der Waals surface area contributed by atoms with Crippen LogP contribution in [0.15, 0.2) is 54.6 Å². The van der Waals surface area contributed by atoms with Gasteiger partial charge in [-0.2, -0.15) is 0 Å². The number of hydrogen-bond donors (Lipinski definition) is 5. The first-order valence-corrected chi connectivity index (χ1v) is 11.9. The third-order valence-electron chi connectivity index (χ3n) is 6.24. The predicted molar refractivity (Wildman–Crippen MR) is 133 cm³/mol. The Morgan fingerprint density at radius 3 is 2.25 bits per heavy atom. The Hall–Kier alpha value is -3.92. The quantitative estimate of drug-likeness (QED) is 0.310. The summed E-state index contributed by atoms with van der Waals surface area (Å²) in [4.78, 5) is 52.2. The summed E-state index contributed by atoms with van der Waals surface area (Å²) in [5.41, 5.74) is 13.1. The van der Waals surface area contributed by atoms with Gasteiger partial charge in [-0.3, -0.25) is 19.2 Å². The van der Waals surface area contributed by atoms with Gasteiger partial charge in [-0.15, -0.1) is 0 Å². The molecule has 192 valence electrons. The number of carbonyl (C=O) groups is 4. The molecule has 10 nitrogen and oxygen atoms in total. The molecular formula is C26H33N5O5. The standard InChI is InChI=1S/C26H33N5O5/c1-16(29-25(35)20(27)14-18-9-11-19(32)12-10-18)24(34)30-21(15-17-6-3-2-4-7-17)26(36)31-13-5-8-22(31)23(28)33/h2-4,6-7,9-12,16,20-22,32H,5,8,13-15,27H2,1H3,(H2,28,33)(H,29,35)(H,30,34)/t16-,20+,21+,22-/m1/s1. The summed E-state index contributed by atoms with van der Waals surface area (Å²) >= 11 is 0. The fourth-order valence-electron chi connectivity index (χ4n) is 4.24. The van der Waals surface area contributed by atoms with Crippen LogP contribution in [-0.2, 0) is 32.0 Å². The first-order chi connectivity index (χ1) is 17.2. The van der Waals surface area contributed by atoms with Crippen molar-refractivity contribution >= 4 is 23.6 Å². The van der Waals surface area contributed by atoms with Crippen LogP contribution in [0, 0.1) is 0 Å². The van der Waals surface area contributed by atoms with Crippen molar-refractivity contribution in [3.63, 3.8) is 0 Å². The molecule has 10 heteroatoms. The van der Waals surface area contributed by atoms with Gasteiger partial charge < -0.3 is 32.1 Å². The zero-order valence-corrected chi connectivity index (χ0v) is 20.2. The van der Waals surface area contributed by atoms with Crippen molar-refractivity contribution in [2.45, 2.75) is 56.8 Å². The van der Waals surface area contributed by atoms with Crippen molar-refractivity contribution in [3.8, 4) is 5.75 Å². The summed E-state index contributed by atoms with van der Waals surface area (Å²) in [5, 5.41) is 14.7. The van der Waals surface area contributed by atoms with Crippen LogP contribution < -0.4 is 22.1 Å². The monoisotopic (exact) mass is 495 g/mol. The molecule has 0 aromatic heterocycles. The van der Waals surface area contributed by atoms with Gasteiger partial charge in [0.05, 0.1) is 6.04 Å². The molecule has 0 unspecified atom stereocenters. The van der Waals surface area contributed by atoms with E-state index in [9.17, 15) is 24.3 Å². The number of benzene rings is 2. The van der Waals surface area contributed by atoms with E-state index in [-0.39, 0.29) is 18.6 Å². The van der Waals surface area contributed by atoms with Crippen LogP contribution in [0.5, 0.6) is 5.75 Å². The second-order valence-electron chi connectivity index (χ2n) is 9.05. The number of phenolic OH excluding ortho intramolecular Hbond substituents is 1. The highest BCUT2D eigenvalue weighted by molar-refractivity contribution is 5.94. The molecule has 2 aromatic rings. The first-order valence-electron chi connectivity index (χ1n) is 11.9. The van der Waals surface area contributed by atoms with Crippen LogP contribution in [0.3, 0.4) is 0 Å². The number of aromatic hydroxyl groups is 1. The van der Waals surface area contributed by atoms with Crippen LogP contribution in [0.2, 0.25) is 0 Å². The fourth-order valence-corrected chi connectivity index (χ4v) is 4.24. The highest BCUT2D eigenvalue weighted by atomic mass is 16.3. The zero-order valence-electron chi connectivity index (χ0n) is 20.2. The zero-order chi connectivity index (χ0) is 26.2. The summed E-state index contributed by atoms with van der Waals surface area (Å²) < 4.78 is 0. The molecule has 7 N–H and O–H groups in total. The normalized spacial score (nSPS) is 17.6.